The van der Waals surface area contributed by atoms with Crippen LogP contribution in [0.25, 0.3) is 0 Å². The van der Waals surface area contributed by atoms with Crippen LogP contribution in [0.1, 0.15) is 25.7 Å². The van der Waals surface area contributed by atoms with Crippen molar-refractivity contribution in [2.45, 2.75) is 37.8 Å². The highest BCUT2D eigenvalue weighted by atomic mass is 35.5. The molecule has 0 radical (unpaired) electrons. The summed E-state index contributed by atoms with van der Waals surface area (Å²) < 4.78 is 10.00. The van der Waals surface area contributed by atoms with E-state index in [1.54, 1.807) is 0 Å². The fourth-order valence-corrected chi connectivity index (χ4v) is 4.00. The van der Waals surface area contributed by atoms with Crippen LogP contribution in [-0.2, 0) is 9.53 Å². The summed E-state index contributed by atoms with van der Waals surface area (Å²) in [6.07, 6.45) is 4.95. The maximum absolute atomic E-state index is 11.1. The Kier molecular flexibility index (Phi) is 11.0. The second-order valence-electron chi connectivity index (χ2n) is 7.22. The van der Waals surface area contributed by atoms with Gasteiger partial charge in [-0.3, -0.25) is 0 Å². The molecule has 2 saturated heterocycles. The van der Waals surface area contributed by atoms with Gasteiger partial charge >= 0.3 is 5.97 Å². The summed E-state index contributed by atoms with van der Waals surface area (Å²) in [6, 6.07) is 9.42. The number of carbonyl (C=O) groups excluding carboxylic acids is 1. The average molecular weight is 434 g/mol. The van der Waals surface area contributed by atoms with Gasteiger partial charge in [-0.25, -0.2) is 4.79 Å². The predicted molar refractivity (Wildman–Crippen MR) is 117 cm³/mol. The second-order valence-corrected chi connectivity index (χ2v) is 7.22. The highest BCUT2D eigenvalue weighted by Gasteiger charge is 2.27. The Morgan fingerprint density at radius 2 is 1.64 bits per heavy atom. The minimum Gasteiger partial charge on any atom is -0.482 e. The smallest absolute Gasteiger partial charge is 0.343 e. The maximum Gasteiger partial charge on any atom is 0.343 e. The zero-order valence-corrected chi connectivity index (χ0v) is 18.4. The number of halogens is 2. The van der Waals surface area contributed by atoms with E-state index in [-0.39, 0.29) is 37.4 Å². The van der Waals surface area contributed by atoms with Gasteiger partial charge in [-0.1, -0.05) is 0 Å². The molecule has 1 N–H and O–H groups in total. The lowest BCUT2D eigenvalue weighted by Crippen LogP contribution is -2.50. The Morgan fingerprint density at radius 1 is 1.07 bits per heavy atom. The molecule has 2 aliphatic heterocycles. The number of nitrogens with zero attached hydrogens (tertiary/aromatic N) is 2. The van der Waals surface area contributed by atoms with Crippen molar-refractivity contribution in [2.75, 3.05) is 51.8 Å². The normalized spacial score (nSPS) is 18.2. The summed E-state index contributed by atoms with van der Waals surface area (Å²) in [7, 11) is 3.67. The van der Waals surface area contributed by atoms with E-state index < -0.39 is 0 Å². The molecule has 0 unspecified atom stereocenters. The van der Waals surface area contributed by atoms with Crippen molar-refractivity contribution in [1.82, 2.24) is 10.2 Å². The SMILES string of the molecule is COC(=O)COc1ccc(N2CCC(N(C)C3CCNCC3)CC2)cc1.Cl.Cl. The molecule has 0 aliphatic carbocycles. The molecule has 160 valence electrons. The molecular weight excluding hydrogens is 401 g/mol. The van der Waals surface area contributed by atoms with Gasteiger partial charge in [0.1, 0.15) is 5.75 Å². The summed E-state index contributed by atoms with van der Waals surface area (Å²) in [5.41, 5.74) is 1.22. The van der Waals surface area contributed by atoms with Crippen LogP contribution >= 0.6 is 24.8 Å². The first-order chi connectivity index (χ1) is 12.7. The summed E-state index contributed by atoms with van der Waals surface area (Å²) in [5, 5.41) is 3.45. The molecule has 2 aliphatic rings. The Hall–Kier alpha value is -1.21. The number of carbonyl (C=O) groups is 1. The minimum atomic E-state index is -0.367. The fraction of sp³-hybridized carbons (Fsp3) is 0.650. The average Bonchev–Trinajstić information content (AvgIpc) is 2.72. The van der Waals surface area contributed by atoms with Crippen LogP contribution in [0.15, 0.2) is 24.3 Å². The zero-order valence-electron chi connectivity index (χ0n) is 16.8. The molecule has 0 aromatic heterocycles. The number of esters is 1. The van der Waals surface area contributed by atoms with Gasteiger partial charge < -0.3 is 24.6 Å². The van der Waals surface area contributed by atoms with Crippen LogP contribution in [0, 0.1) is 0 Å². The lowest BCUT2D eigenvalue weighted by Gasteiger charge is -2.42. The first-order valence-electron chi connectivity index (χ1n) is 9.64. The zero-order chi connectivity index (χ0) is 18.4. The van der Waals surface area contributed by atoms with Crippen LogP contribution in [0.3, 0.4) is 0 Å². The lowest BCUT2D eigenvalue weighted by molar-refractivity contribution is -0.142. The predicted octanol–water partition coefficient (Wildman–Crippen LogP) is 2.73. The number of piperidine rings is 2. The van der Waals surface area contributed by atoms with Crippen molar-refractivity contribution in [3.8, 4) is 5.75 Å². The summed E-state index contributed by atoms with van der Waals surface area (Å²) in [5.74, 6) is 0.327. The molecule has 1 aromatic carbocycles. The lowest BCUT2D eigenvalue weighted by atomic mass is 9.97. The van der Waals surface area contributed by atoms with Crippen molar-refractivity contribution in [3.63, 3.8) is 0 Å². The third kappa shape index (κ3) is 6.69. The first-order valence-corrected chi connectivity index (χ1v) is 9.64. The van der Waals surface area contributed by atoms with Gasteiger partial charge in [-0.15, -0.1) is 24.8 Å². The van der Waals surface area contributed by atoms with Gasteiger partial charge in [0.15, 0.2) is 6.61 Å². The van der Waals surface area contributed by atoms with Crippen LogP contribution in [-0.4, -0.2) is 69.9 Å². The van der Waals surface area contributed by atoms with Gasteiger partial charge in [0.05, 0.1) is 7.11 Å². The number of hydrogen-bond acceptors (Lipinski definition) is 6. The third-order valence-corrected chi connectivity index (χ3v) is 5.71. The fourth-order valence-electron chi connectivity index (χ4n) is 4.00. The van der Waals surface area contributed by atoms with Crippen molar-refractivity contribution >= 4 is 36.5 Å². The Labute approximate surface area is 180 Å². The van der Waals surface area contributed by atoms with Gasteiger partial charge in [-0.2, -0.15) is 0 Å². The summed E-state index contributed by atoms with van der Waals surface area (Å²) >= 11 is 0. The molecule has 0 amide bonds. The molecule has 0 bridgehead atoms. The summed E-state index contributed by atoms with van der Waals surface area (Å²) in [4.78, 5) is 16.2. The van der Waals surface area contributed by atoms with Crippen LogP contribution in [0.4, 0.5) is 5.69 Å². The van der Waals surface area contributed by atoms with E-state index in [4.69, 9.17) is 4.74 Å². The molecular formula is C20H33Cl2N3O3. The second kappa shape index (κ2) is 12.4. The van der Waals surface area contributed by atoms with Crippen molar-refractivity contribution < 1.29 is 14.3 Å². The molecule has 0 saturated carbocycles. The number of methoxy groups -OCH3 is 1. The number of nitrogens with one attached hydrogen (secondary N) is 1. The quantitative estimate of drug-likeness (QED) is 0.695. The van der Waals surface area contributed by atoms with Gasteiger partial charge in [-0.05, 0) is 70.1 Å². The molecule has 1 aromatic rings. The van der Waals surface area contributed by atoms with E-state index in [1.807, 2.05) is 12.1 Å². The highest BCUT2D eigenvalue weighted by molar-refractivity contribution is 5.85. The van der Waals surface area contributed by atoms with Crippen molar-refractivity contribution in [2.24, 2.45) is 0 Å². The van der Waals surface area contributed by atoms with E-state index in [9.17, 15) is 4.79 Å². The minimum absolute atomic E-state index is 0. The Bertz CT molecular complexity index is 575. The highest BCUT2D eigenvalue weighted by Crippen LogP contribution is 2.26. The van der Waals surface area contributed by atoms with Gasteiger partial charge in [0.25, 0.3) is 0 Å². The Morgan fingerprint density at radius 3 is 2.21 bits per heavy atom. The molecule has 2 fully saturated rings. The molecule has 2 heterocycles. The largest absolute Gasteiger partial charge is 0.482 e. The number of hydrogen-bond donors (Lipinski definition) is 1. The topological polar surface area (TPSA) is 54.0 Å². The number of rotatable bonds is 6. The van der Waals surface area contributed by atoms with Crippen LogP contribution in [0.5, 0.6) is 5.75 Å². The van der Waals surface area contributed by atoms with Crippen LogP contribution < -0.4 is 15.0 Å². The molecule has 6 nitrogen and oxygen atoms in total. The van der Waals surface area contributed by atoms with Crippen LogP contribution in [0.2, 0.25) is 0 Å². The van der Waals surface area contributed by atoms with E-state index in [0.29, 0.717) is 11.8 Å². The van der Waals surface area contributed by atoms with Crippen molar-refractivity contribution in [3.05, 3.63) is 24.3 Å². The van der Waals surface area contributed by atoms with E-state index in [1.165, 1.54) is 38.5 Å². The summed E-state index contributed by atoms with van der Waals surface area (Å²) in [6.45, 7) is 4.42. The molecule has 0 spiro atoms. The number of anilines is 1. The molecule has 8 heteroatoms. The monoisotopic (exact) mass is 433 g/mol. The molecule has 28 heavy (non-hydrogen) atoms. The standard InChI is InChI=1S/C20H31N3O3.2ClH/c1-22(16-7-11-21-12-8-16)17-9-13-23(14-10-17)18-3-5-19(6-4-18)26-15-20(24)25-2;;/h3-6,16-17,21H,7-15H2,1-2H3;2*1H. The Balaban J connectivity index is 0.00000196. The molecule has 3 rings (SSSR count). The first kappa shape index (κ1) is 24.8. The maximum atomic E-state index is 11.1. The van der Waals surface area contributed by atoms with E-state index >= 15 is 0 Å². The third-order valence-electron chi connectivity index (χ3n) is 5.71. The molecule has 0 atom stereocenters. The van der Waals surface area contributed by atoms with Crippen molar-refractivity contribution in [1.29, 1.82) is 0 Å². The van der Waals surface area contributed by atoms with Gasteiger partial charge in [0, 0.05) is 30.9 Å². The number of ether oxygens (including phenoxy) is 2. The van der Waals surface area contributed by atoms with E-state index in [2.05, 4.69) is 39.0 Å². The van der Waals surface area contributed by atoms with Gasteiger partial charge in [0.2, 0.25) is 0 Å². The van der Waals surface area contributed by atoms with E-state index in [0.717, 1.165) is 32.2 Å². The number of benzene rings is 1.